The van der Waals surface area contributed by atoms with E-state index < -0.39 is 16.9 Å². The lowest BCUT2D eigenvalue weighted by Crippen LogP contribution is -2.18. The van der Waals surface area contributed by atoms with Gasteiger partial charge in [-0.3, -0.25) is 14.8 Å². The lowest BCUT2D eigenvalue weighted by molar-refractivity contribution is -0.385. The molecule has 1 N–H and O–H groups in total. The van der Waals surface area contributed by atoms with E-state index in [0.717, 1.165) is 17.1 Å². The van der Waals surface area contributed by atoms with Gasteiger partial charge in [-0.2, -0.15) is 5.10 Å². The highest BCUT2D eigenvalue weighted by atomic mass is 16.6. The molecule has 14 heavy (non-hydrogen) atoms. The number of aliphatic carboxylic acids is 1. The van der Waals surface area contributed by atoms with Gasteiger partial charge in [-0.25, -0.2) is 4.79 Å². The van der Waals surface area contributed by atoms with Crippen LogP contribution in [0.2, 0.25) is 0 Å². The molecule has 0 saturated heterocycles. The van der Waals surface area contributed by atoms with Gasteiger partial charge in [-0.15, -0.1) is 0 Å². The third-order valence-electron chi connectivity index (χ3n) is 1.79. The molecule has 1 heterocycles. The number of rotatable bonds is 4. The standard InChI is InChI=1S/C7H9N3O4/c1-2-6(7(11)12)9-4-5(3-8-9)10(13)14/h3-4,6H,2H2,1H3,(H,11,12)/t6-/m1/s1. The van der Waals surface area contributed by atoms with Gasteiger partial charge in [0.25, 0.3) is 0 Å². The molecule has 0 radical (unpaired) electrons. The van der Waals surface area contributed by atoms with Gasteiger partial charge in [0.2, 0.25) is 0 Å². The van der Waals surface area contributed by atoms with Crippen LogP contribution in [0, 0.1) is 10.1 Å². The summed E-state index contributed by atoms with van der Waals surface area (Å²) in [5, 5.41) is 22.7. The maximum Gasteiger partial charge on any atom is 0.328 e. The quantitative estimate of drug-likeness (QED) is 0.571. The molecule has 76 valence electrons. The van der Waals surface area contributed by atoms with E-state index in [2.05, 4.69) is 5.10 Å². The van der Waals surface area contributed by atoms with E-state index in [1.807, 2.05) is 0 Å². The smallest absolute Gasteiger partial charge is 0.328 e. The van der Waals surface area contributed by atoms with E-state index in [0.29, 0.717) is 6.42 Å². The Labute approximate surface area is 79.1 Å². The van der Waals surface area contributed by atoms with Gasteiger partial charge in [0.15, 0.2) is 0 Å². The molecule has 1 aromatic rings. The predicted octanol–water partition coefficient (Wildman–Crippen LogP) is 0.827. The monoisotopic (exact) mass is 199 g/mol. The van der Waals surface area contributed by atoms with Crippen molar-refractivity contribution in [1.82, 2.24) is 9.78 Å². The molecule has 0 aliphatic rings. The van der Waals surface area contributed by atoms with Crippen LogP contribution in [0.15, 0.2) is 12.4 Å². The summed E-state index contributed by atoms with van der Waals surface area (Å²) in [6.45, 7) is 1.67. The van der Waals surface area contributed by atoms with E-state index in [1.165, 1.54) is 0 Å². The number of hydrogen-bond donors (Lipinski definition) is 1. The molecule has 1 atom stereocenters. The highest BCUT2D eigenvalue weighted by Gasteiger charge is 2.20. The summed E-state index contributed by atoms with van der Waals surface area (Å²) >= 11 is 0. The van der Waals surface area contributed by atoms with E-state index in [4.69, 9.17) is 5.11 Å². The van der Waals surface area contributed by atoms with Gasteiger partial charge in [0.05, 0.1) is 4.92 Å². The van der Waals surface area contributed by atoms with Crippen molar-refractivity contribution in [2.24, 2.45) is 0 Å². The number of carboxylic acid groups (broad SMARTS) is 1. The Morgan fingerprint density at radius 2 is 2.50 bits per heavy atom. The van der Waals surface area contributed by atoms with Crippen molar-refractivity contribution >= 4 is 11.7 Å². The van der Waals surface area contributed by atoms with E-state index >= 15 is 0 Å². The number of carbonyl (C=O) groups is 1. The molecule has 7 nitrogen and oxygen atoms in total. The van der Waals surface area contributed by atoms with Gasteiger partial charge in [-0.1, -0.05) is 6.92 Å². The van der Waals surface area contributed by atoms with Gasteiger partial charge < -0.3 is 5.11 Å². The van der Waals surface area contributed by atoms with Crippen LogP contribution in [0.5, 0.6) is 0 Å². The van der Waals surface area contributed by atoms with Crippen molar-refractivity contribution in [2.45, 2.75) is 19.4 Å². The zero-order chi connectivity index (χ0) is 10.7. The van der Waals surface area contributed by atoms with Crippen molar-refractivity contribution in [2.75, 3.05) is 0 Å². The molecular formula is C7H9N3O4. The summed E-state index contributed by atoms with van der Waals surface area (Å²) in [4.78, 5) is 20.4. The van der Waals surface area contributed by atoms with Crippen LogP contribution in [0.1, 0.15) is 19.4 Å². The highest BCUT2D eigenvalue weighted by Crippen LogP contribution is 2.15. The second-order valence-electron chi connectivity index (χ2n) is 2.70. The van der Waals surface area contributed by atoms with Gasteiger partial charge in [0.1, 0.15) is 18.4 Å². The van der Waals surface area contributed by atoms with E-state index in [-0.39, 0.29) is 5.69 Å². The third-order valence-corrected chi connectivity index (χ3v) is 1.79. The molecule has 0 aliphatic carbocycles. The summed E-state index contributed by atoms with van der Waals surface area (Å²) in [6.07, 6.45) is 2.47. The van der Waals surface area contributed by atoms with Crippen LogP contribution < -0.4 is 0 Å². The Balaban J connectivity index is 2.95. The second kappa shape index (κ2) is 3.86. The Morgan fingerprint density at radius 3 is 2.86 bits per heavy atom. The largest absolute Gasteiger partial charge is 0.480 e. The molecule has 0 aliphatic heterocycles. The van der Waals surface area contributed by atoms with Crippen LogP contribution in [0.4, 0.5) is 5.69 Å². The number of nitro groups is 1. The molecular weight excluding hydrogens is 190 g/mol. The first-order valence-electron chi connectivity index (χ1n) is 3.97. The molecule has 0 unspecified atom stereocenters. The summed E-state index contributed by atoms with van der Waals surface area (Å²) in [6, 6.07) is -0.844. The lowest BCUT2D eigenvalue weighted by Gasteiger charge is -2.08. The average molecular weight is 199 g/mol. The lowest BCUT2D eigenvalue weighted by atomic mass is 10.2. The molecule has 1 rings (SSSR count). The first-order chi connectivity index (χ1) is 6.56. The Kier molecular flexibility index (Phi) is 2.80. The van der Waals surface area contributed by atoms with Crippen LogP contribution in [-0.4, -0.2) is 25.8 Å². The number of aromatic nitrogens is 2. The molecule has 0 bridgehead atoms. The summed E-state index contributed by atoms with van der Waals surface area (Å²) in [5.74, 6) is -1.05. The molecule has 0 spiro atoms. The molecule has 1 aromatic heterocycles. The minimum atomic E-state index is -1.05. The van der Waals surface area contributed by atoms with Crippen LogP contribution in [0.3, 0.4) is 0 Å². The van der Waals surface area contributed by atoms with E-state index in [1.54, 1.807) is 6.92 Å². The number of carboxylic acids is 1. The fourth-order valence-corrected chi connectivity index (χ4v) is 1.07. The molecule has 7 heteroatoms. The average Bonchev–Trinajstić information content (AvgIpc) is 2.53. The Hall–Kier alpha value is -1.92. The van der Waals surface area contributed by atoms with Crippen molar-refractivity contribution in [3.8, 4) is 0 Å². The van der Waals surface area contributed by atoms with Gasteiger partial charge in [-0.05, 0) is 6.42 Å². The van der Waals surface area contributed by atoms with Crippen LogP contribution in [0.25, 0.3) is 0 Å². The van der Waals surface area contributed by atoms with Crippen molar-refractivity contribution in [1.29, 1.82) is 0 Å². The van der Waals surface area contributed by atoms with Crippen molar-refractivity contribution < 1.29 is 14.8 Å². The molecule has 0 fully saturated rings. The van der Waals surface area contributed by atoms with Crippen molar-refractivity contribution in [3.63, 3.8) is 0 Å². The summed E-state index contributed by atoms with van der Waals surface area (Å²) in [7, 11) is 0. The minimum absolute atomic E-state index is 0.204. The summed E-state index contributed by atoms with van der Waals surface area (Å²) < 4.78 is 1.08. The summed E-state index contributed by atoms with van der Waals surface area (Å²) in [5.41, 5.74) is -0.204. The van der Waals surface area contributed by atoms with Crippen molar-refractivity contribution in [3.05, 3.63) is 22.5 Å². The topological polar surface area (TPSA) is 98.3 Å². The SMILES string of the molecule is CC[C@H](C(=O)O)n1cc([N+](=O)[O-])cn1. The normalized spacial score (nSPS) is 12.4. The molecule has 0 saturated carbocycles. The highest BCUT2D eigenvalue weighted by molar-refractivity contribution is 5.71. The second-order valence-corrected chi connectivity index (χ2v) is 2.70. The number of hydrogen-bond acceptors (Lipinski definition) is 4. The Bertz CT molecular complexity index is 360. The zero-order valence-electron chi connectivity index (χ0n) is 7.45. The maximum absolute atomic E-state index is 10.7. The minimum Gasteiger partial charge on any atom is -0.480 e. The fourth-order valence-electron chi connectivity index (χ4n) is 1.07. The third kappa shape index (κ3) is 1.87. The predicted molar refractivity (Wildman–Crippen MR) is 45.8 cm³/mol. The maximum atomic E-state index is 10.7. The van der Waals surface area contributed by atoms with E-state index in [9.17, 15) is 14.9 Å². The van der Waals surface area contributed by atoms with Gasteiger partial charge in [0, 0.05) is 0 Å². The van der Waals surface area contributed by atoms with Crippen LogP contribution in [-0.2, 0) is 4.79 Å². The first-order valence-corrected chi connectivity index (χ1v) is 3.97. The fraction of sp³-hybridized carbons (Fsp3) is 0.429. The number of nitrogens with zero attached hydrogens (tertiary/aromatic N) is 3. The Morgan fingerprint density at radius 1 is 1.86 bits per heavy atom. The van der Waals surface area contributed by atoms with Gasteiger partial charge >= 0.3 is 11.7 Å². The first kappa shape index (κ1) is 10.2. The molecule has 0 amide bonds. The van der Waals surface area contributed by atoms with Crippen LogP contribution >= 0.6 is 0 Å². The molecule has 0 aromatic carbocycles. The zero-order valence-corrected chi connectivity index (χ0v) is 7.45.